The summed E-state index contributed by atoms with van der Waals surface area (Å²) in [4.78, 5) is 24.9. The third kappa shape index (κ3) is 4.48. The summed E-state index contributed by atoms with van der Waals surface area (Å²) in [6.45, 7) is 3.35. The summed E-state index contributed by atoms with van der Waals surface area (Å²) in [5, 5.41) is 11.8. The van der Waals surface area contributed by atoms with Crippen LogP contribution in [-0.2, 0) is 6.54 Å². The standard InChI is InChI=1S/C16H22N2O3/c1-2-3-10-18(14-8-9-14)16(21)17-11-12-4-6-13(7-5-12)15(19)20/h4-7,14H,2-3,8-11H2,1H3,(H,17,21)(H,19,20). The molecule has 2 rings (SSSR count). The van der Waals surface area contributed by atoms with E-state index >= 15 is 0 Å². The van der Waals surface area contributed by atoms with E-state index < -0.39 is 5.97 Å². The highest BCUT2D eigenvalue weighted by Gasteiger charge is 2.31. The van der Waals surface area contributed by atoms with Crippen molar-refractivity contribution < 1.29 is 14.7 Å². The minimum atomic E-state index is -0.940. The average Bonchev–Trinajstić information content (AvgIpc) is 3.30. The van der Waals surface area contributed by atoms with Gasteiger partial charge in [-0.05, 0) is 37.0 Å². The molecule has 21 heavy (non-hydrogen) atoms. The SMILES string of the molecule is CCCCN(C(=O)NCc1ccc(C(=O)O)cc1)C1CC1. The first kappa shape index (κ1) is 15.4. The highest BCUT2D eigenvalue weighted by atomic mass is 16.4. The molecule has 5 heteroatoms. The summed E-state index contributed by atoms with van der Waals surface area (Å²) in [6.07, 6.45) is 4.30. The van der Waals surface area contributed by atoms with Gasteiger partial charge >= 0.3 is 12.0 Å². The largest absolute Gasteiger partial charge is 0.478 e. The van der Waals surface area contributed by atoms with Gasteiger partial charge in [-0.25, -0.2) is 9.59 Å². The van der Waals surface area contributed by atoms with Crippen LogP contribution in [0.4, 0.5) is 4.79 Å². The summed E-state index contributed by atoms with van der Waals surface area (Å²) in [5.41, 5.74) is 1.16. The number of aromatic carboxylic acids is 1. The summed E-state index contributed by atoms with van der Waals surface area (Å²) < 4.78 is 0. The molecule has 1 aromatic rings. The minimum absolute atomic E-state index is 0.0201. The van der Waals surface area contributed by atoms with Gasteiger partial charge in [0.1, 0.15) is 0 Å². The topological polar surface area (TPSA) is 69.6 Å². The number of hydrogen-bond acceptors (Lipinski definition) is 2. The highest BCUT2D eigenvalue weighted by Crippen LogP contribution is 2.27. The predicted molar refractivity (Wildman–Crippen MR) is 80.3 cm³/mol. The summed E-state index contributed by atoms with van der Waals surface area (Å²) in [7, 11) is 0. The number of unbranched alkanes of at least 4 members (excludes halogenated alkanes) is 1. The number of nitrogens with zero attached hydrogens (tertiary/aromatic N) is 1. The van der Waals surface area contributed by atoms with Crippen LogP contribution in [0.2, 0.25) is 0 Å². The highest BCUT2D eigenvalue weighted by molar-refractivity contribution is 5.87. The third-order valence-electron chi connectivity index (χ3n) is 3.65. The Labute approximate surface area is 125 Å². The molecule has 0 atom stereocenters. The van der Waals surface area contributed by atoms with Crippen LogP contribution in [0.25, 0.3) is 0 Å². The lowest BCUT2D eigenvalue weighted by atomic mass is 10.1. The third-order valence-corrected chi connectivity index (χ3v) is 3.65. The average molecular weight is 290 g/mol. The van der Waals surface area contributed by atoms with E-state index in [0.717, 1.165) is 37.8 Å². The number of carbonyl (C=O) groups excluding carboxylic acids is 1. The van der Waals surface area contributed by atoms with Crippen LogP contribution in [0.3, 0.4) is 0 Å². The first-order chi connectivity index (χ1) is 10.1. The lowest BCUT2D eigenvalue weighted by Gasteiger charge is -2.22. The van der Waals surface area contributed by atoms with Crippen LogP contribution in [0, 0.1) is 0 Å². The van der Waals surface area contributed by atoms with Gasteiger partial charge < -0.3 is 15.3 Å². The van der Waals surface area contributed by atoms with Crippen molar-refractivity contribution in [3.63, 3.8) is 0 Å². The quantitative estimate of drug-likeness (QED) is 0.811. The molecule has 1 aliphatic rings. The number of amides is 2. The number of benzene rings is 1. The lowest BCUT2D eigenvalue weighted by Crippen LogP contribution is -2.41. The van der Waals surface area contributed by atoms with E-state index in [-0.39, 0.29) is 11.6 Å². The smallest absolute Gasteiger partial charge is 0.335 e. The second kappa shape index (κ2) is 7.11. The number of carboxylic acid groups (broad SMARTS) is 1. The van der Waals surface area contributed by atoms with Crippen molar-refractivity contribution in [1.29, 1.82) is 0 Å². The van der Waals surface area contributed by atoms with Crippen LogP contribution < -0.4 is 5.32 Å². The molecule has 2 amide bonds. The molecule has 2 N–H and O–H groups in total. The van der Waals surface area contributed by atoms with Crippen molar-refractivity contribution in [2.75, 3.05) is 6.54 Å². The van der Waals surface area contributed by atoms with Gasteiger partial charge in [-0.3, -0.25) is 0 Å². The van der Waals surface area contributed by atoms with Crippen LogP contribution in [0.1, 0.15) is 48.5 Å². The monoisotopic (exact) mass is 290 g/mol. The van der Waals surface area contributed by atoms with E-state index in [1.165, 1.54) is 0 Å². The van der Waals surface area contributed by atoms with Crippen molar-refractivity contribution in [1.82, 2.24) is 10.2 Å². The molecule has 0 aromatic heterocycles. The van der Waals surface area contributed by atoms with Crippen LogP contribution in [-0.4, -0.2) is 34.6 Å². The van der Waals surface area contributed by atoms with Gasteiger partial charge in [0, 0.05) is 19.1 Å². The Bertz CT molecular complexity index is 495. The molecule has 1 aromatic carbocycles. The van der Waals surface area contributed by atoms with E-state index in [2.05, 4.69) is 12.2 Å². The zero-order chi connectivity index (χ0) is 15.2. The van der Waals surface area contributed by atoms with Crippen LogP contribution in [0.15, 0.2) is 24.3 Å². The minimum Gasteiger partial charge on any atom is -0.478 e. The van der Waals surface area contributed by atoms with Crippen molar-refractivity contribution in [2.24, 2.45) is 0 Å². The maximum Gasteiger partial charge on any atom is 0.335 e. The Balaban J connectivity index is 1.85. The number of urea groups is 1. The second-order valence-corrected chi connectivity index (χ2v) is 5.44. The molecule has 5 nitrogen and oxygen atoms in total. The molecule has 114 valence electrons. The maximum atomic E-state index is 12.2. The Hall–Kier alpha value is -2.04. The fourth-order valence-corrected chi connectivity index (χ4v) is 2.21. The zero-order valence-electron chi connectivity index (χ0n) is 12.3. The Morgan fingerprint density at radius 2 is 1.95 bits per heavy atom. The van der Waals surface area contributed by atoms with Crippen LogP contribution >= 0.6 is 0 Å². The molecular formula is C16H22N2O3. The maximum absolute atomic E-state index is 12.2. The molecular weight excluding hydrogens is 268 g/mol. The van der Waals surface area contributed by atoms with E-state index in [1.807, 2.05) is 4.90 Å². The van der Waals surface area contributed by atoms with E-state index in [0.29, 0.717) is 12.6 Å². The zero-order valence-corrected chi connectivity index (χ0v) is 12.3. The van der Waals surface area contributed by atoms with Crippen molar-refractivity contribution >= 4 is 12.0 Å². The van der Waals surface area contributed by atoms with Gasteiger partial charge in [-0.1, -0.05) is 25.5 Å². The molecule has 1 aliphatic carbocycles. The number of carbonyl (C=O) groups is 2. The number of nitrogens with one attached hydrogen (secondary N) is 1. The first-order valence-electron chi connectivity index (χ1n) is 7.48. The number of hydrogen-bond donors (Lipinski definition) is 2. The van der Waals surface area contributed by atoms with Crippen LogP contribution in [0.5, 0.6) is 0 Å². The summed E-state index contributed by atoms with van der Waals surface area (Å²) >= 11 is 0. The molecule has 0 heterocycles. The molecule has 0 unspecified atom stereocenters. The summed E-state index contributed by atoms with van der Waals surface area (Å²) in [5.74, 6) is -0.940. The predicted octanol–water partition coefficient (Wildman–Crippen LogP) is 2.86. The van der Waals surface area contributed by atoms with Gasteiger partial charge in [0.25, 0.3) is 0 Å². The Morgan fingerprint density at radius 1 is 1.29 bits per heavy atom. The lowest BCUT2D eigenvalue weighted by molar-refractivity contribution is 0.0697. The van der Waals surface area contributed by atoms with Crippen molar-refractivity contribution in [3.8, 4) is 0 Å². The molecule has 0 aliphatic heterocycles. The Kier molecular flexibility index (Phi) is 5.20. The molecule has 0 spiro atoms. The van der Waals surface area contributed by atoms with E-state index in [9.17, 15) is 9.59 Å². The second-order valence-electron chi connectivity index (χ2n) is 5.44. The van der Waals surface area contributed by atoms with Crippen molar-refractivity contribution in [2.45, 2.75) is 45.2 Å². The van der Waals surface area contributed by atoms with Gasteiger partial charge in [0.2, 0.25) is 0 Å². The fraction of sp³-hybridized carbons (Fsp3) is 0.500. The Morgan fingerprint density at radius 3 is 2.48 bits per heavy atom. The molecule has 1 fully saturated rings. The first-order valence-corrected chi connectivity index (χ1v) is 7.48. The van der Waals surface area contributed by atoms with Gasteiger partial charge in [0.15, 0.2) is 0 Å². The number of carboxylic acids is 1. The molecule has 0 saturated heterocycles. The normalized spacial score (nSPS) is 13.8. The van der Waals surface area contributed by atoms with Gasteiger partial charge in [-0.15, -0.1) is 0 Å². The molecule has 1 saturated carbocycles. The van der Waals surface area contributed by atoms with Gasteiger partial charge in [0.05, 0.1) is 5.56 Å². The van der Waals surface area contributed by atoms with Crippen molar-refractivity contribution in [3.05, 3.63) is 35.4 Å². The van der Waals surface area contributed by atoms with Gasteiger partial charge in [-0.2, -0.15) is 0 Å². The molecule has 0 radical (unpaired) electrons. The van der Waals surface area contributed by atoms with E-state index in [1.54, 1.807) is 24.3 Å². The molecule has 0 bridgehead atoms. The fourth-order valence-electron chi connectivity index (χ4n) is 2.21. The number of rotatable bonds is 7. The summed E-state index contributed by atoms with van der Waals surface area (Å²) in [6, 6.07) is 6.97. The van der Waals surface area contributed by atoms with E-state index in [4.69, 9.17) is 5.11 Å².